The third-order valence-electron chi connectivity index (χ3n) is 1.90. The molecule has 0 unspecified atom stereocenters. The molecule has 1 heterocycles. The first kappa shape index (κ1) is 13.4. The third-order valence-corrected chi connectivity index (χ3v) is 1.90. The second kappa shape index (κ2) is 6.78. The van der Waals surface area contributed by atoms with Gasteiger partial charge in [0.2, 0.25) is 0 Å². The fraction of sp³-hybridized carbons (Fsp3) is 0.333. The molecule has 0 amide bonds. The van der Waals surface area contributed by atoms with Crippen molar-refractivity contribution >= 4 is 23.1 Å². The Labute approximate surface area is 105 Å². The van der Waals surface area contributed by atoms with E-state index in [1.807, 2.05) is 12.1 Å². The maximum atomic E-state index is 3.35. The molecule has 0 atom stereocenters. The Hall–Kier alpha value is 0.386. The summed E-state index contributed by atoms with van der Waals surface area (Å²) < 4.78 is 0. The summed E-state index contributed by atoms with van der Waals surface area (Å²) in [6, 6.07) is 11.0. The zero-order valence-electron chi connectivity index (χ0n) is 7.39. The van der Waals surface area contributed by atoms with Crippen molar-refractivity contribution in [2.24, 2.45) is 0 Å². The Kier molecular flexibility index (Phi) is 6.98. The molecular weight excluding hydrogens is 240 g/mol. The molecule has 0 spiro atoms. The van der Waals surface area contributed by atoms with Gasteiger partial charge in [-0.05, 0) is 0 Å². The van der Waals surface area contributed by atoms with E-state index in [9.17, 15) is 0 Å². The third kappa shape index (κ3) is 3.56. The number of benzene rings is 1. The van der Waals surface area contributed by atoms with E-state index in [0.29, 0.717) is 6.17 Å². The van der Waals surface area contributed by atoms with Gasteiger partial charge in [-0.25, -0.2) is 0 Å². The fourth-order valence-electron chi connectivity index (χ4n) is 1.33. The minimum Gasteiger partial charge on any atom is -1.00 e. The molecule has 1 aromatic rings. The van der Waals surface area contributed by atoms with Crippen molar-refractivity contribution in [1.82, 2.24) is 10.6 Å². The maximum Gasteiger partial charge on any atom is 2.00 e. The quantitative estimate of drug-likeness (QED) is 0.419. The van der Waals surface area contributed by atoms with Gasteiger partial charge in [0.25, 0.3) is 0 Å². The standard InChI is InChI=1S/C9H11N2.BrH.Mg/c1-2-4-8(5-3-1)9-10-6-7-11-9;;/h2-5,9-11H,6-7H2;1H;/q-1;;+2/p-1. The van der Waals surface area contributed by atoms with Crippen molar-refractivity contribution < 1.29 is 17.0 Å². The van der Waals surface area contributed by atoms with Crippen LogP contribution in [0.25, 0.3) is 0 Å². The van der Waals surface area contributed by atoms with E-state index in [1.54, 1.807) is 0 Å². The van der Waals surface area contributed by atoms with Gasteiger partial charge < -0.3 is 17.0 Å². The minimum absolute atomic E-state index is 0. The van der Waals surface area contributed by atoms with Gasteiger partial charge in [0.05, 0.1) is 6.17 Å². The SMILES string of the molecule is [Br-].[Mg+2].[c-]1ccc(C2NCCN2)cc1. The summed E-state index contributed by atoms with van der Waals surface area (Å²) in [4.78, 5) is 0. The molecule has 2 nitrogen and oxygen atoms in total. The van der Waals surface area contributed by atoms with Crippen molar-refractivity contribution in [3.05, 3.63) is 35.9 Å². The van der Waals surface area contributed by atoms with Crippen molar-refractivity contribution in [3.63, 3.8) is 0 Å². The number of nitrogens with one attached hydrogen (secondary N) is 2. The van der Waals surface area contributed by atoms with Crippen LogP contribution in [0.5, 0.6) is 0 Å². The molecule has 1 fully saturated rings. The summed E-state index contributed by atoms with van der Waals surface area (Å²) in [5, 5.41) is 6.70. The molecule has 1 aliphatic heterocycles. The van der Waals surface area contributed by atoms with Gasteiger partial charge in [-0.2, -0.15) is 30.3 Å². The second-order valence-corrected chi connectivity index (χ2v) is 2.67. The molecule has 2 N–H and O–H groups in total. The van der Waals surface area contributed by atoms with Crippen LogP contribution in [0.4, 0.5) is 0 Å². The van der Waals surface area contributed by atoms with Crippen LogP contribution in [0.15, 0.2) is 24.3 Å². The maximum absolute atomic E-state index is 3.35. The van der Waals surface area contributed by atoms with Crippen LogP contribution in [0.3, 0.4) is 0 Å². The molecule has 1 aromatic carbocycles. The molecule has 0 bridgehead atoms. The monoisotopic (exact) mass is 250 g/mol. The van der Waals surface area contributed by atoms with Gasteiger partial charge in [-0.3, -0.25) is 10.6 Å². The average molecular weight is 251 g/mol. The van der Waals surface area contributed by atoms with Crippen LogP contribution < -0.4 is 27.6 Å². The molecule has 0 radical (unpaired) electrons. The van der Waals surface area contributed by atoms with Crippen LogP contribution in [-0.4, -0.2) is 36.1 Å². The van der Waals surface area contributed by atoms with Gasteiger partial charge >= 0.3 is 23.1 Å². The first-order valence-corrected chi connectivity index (χ1v) is 3.89. The van der Waals surface area contributed by atoms with Crippen LogP contribution in [0.2, 0.25) is 0 Å². The van der Waals surface area contributed by atoms with Crippen molar-refractivity contribution in [3.8, 4) is 0 Å². The summed E-state index contributed by atoms with van der Waals surface area (Å²) in [6.07, 6.45) is 0.351. The van der Waals surface area contributed by atoms with Crippen LogP contribution in [-0.2, 0) is 0 Å². The molecule has 0 aliphatic carbocycles. The summed E-state index contributed by atoms with van der Waals surface area (Å²) in [5.41, 5.74) is 1.29. The van der Waals surface area contributed by atoms with Gasteiger partial charge in [0.15, 0.2) is 0 Å². The van der Waals surface area contributed by atoms with Crippen molar-refractivity contribution in [1.29, 1.82) is 0 Å². The number of rotatable bonds is 1. The van der Waals surface area contributed by atoms with Gasteiger partial charge in [0, 0.05) is 13.1 Å². The smallest absolute Gasteiger partial charge is 1.00 e. The van der Waals surface area contributed by atoms with Crippen LogP contribution in [0, 0.1) is 6.07 Å². The minimum atomic E-state index is 0. The molecule has 4 heteroatoms. The molecule has 0 aromatic heterocycles. The van der Waals surface area contributed by atoms with E-state index in [-0.39, 0.29) is 40.0 Å². The topological polar surface area (TPSA) is 24.1 Å². The molecule has 2 rings (SSSR count). The van der Waals surface area contributed by atoms with E-state index in [1.165, 1.54) is 5.56 Å². The molecule has 0 saturated carbocycles. The van der Waals surface area contributed by atoms with Crippen molar-refractivity contribution in [2.45, 2.75) is 6.17 Å². The molecular formula is C9H11BrMgN2. The van der Waals surface area contributed by atoms with Gasteiger partial charge in [-0.15, -0.1) is 5.56 Å². The Morgan fingerprint density at radius 2 is 1.69 bits per heavy atom. The fourth-order valence-corrected chi connectivity index (χ4v) is 1.33. The van der Waals surface area contributed by atoms with E-state index >= 15 is 0 Å². The number of hydrogen-bond donors (Lipinski definition) is 2. The Morgan fingerprint density at radius 3 is 2.23 bits per heavy atom. The summed E-state index contributed by atoms with van der Waals surface area (Å²) >= 11 is 0. The first-order chi connectivity index (χ1) is 5.47. The summed E-state index contributed by atoms with van der Waals surface area (Å²) in [6.45, 7) is 2.12. The van der Waals surface area contributed by atoms with Crippen molar-refractivity contribution in [2.75, 3.05) is 13.1 Å². The molecule has 1 aliphatic rings. The van der Waals surface area contributed by atoms with E-state index in [0.717, 1.165) is 13.1 Å². The molecule has 66 valence electrons. The Morgan fingerprint density at radius 1 is 1.15 bits per heavy atom. The Bertz CT molecular complexity index is 224. The summed E-state index contributed by atoms with van der Waals surface area (Å²) in [5.74, 6) is 0. The van der Waals surface area contributed by atoms with Crippen LogP contribution in [0.1, 0.15) is 11.7 Å². The molecule has 13 heavy (non-hydrogen) atoms. The zero-order chi connectivity index (χ0) is 7.52. The van der Waals surface area contributed by atoms with Gasteiger partial charge in [-0.1, -0.05) is 0 Å². The largest absolute Gasteiger partial charge is 2.00 e. The normalized spacial score (nSPS) is 16.0. The Balaban J connectivity index is 0.000000720. The van der Waals surface area contributed by atoms with E-state index in [4.69, 9.17) is 0 Å². The number of halogens is 1. The van der Waals surface area contributed by atoms with Gasteiger partial charge in [0.1, 0.15) is 0 Å². The predicted molar refractivity (Wildman–Crippen MR) is 49.8 cm³/mol. The first-order valence-electron chi connectivity index (χ1n) is 3.89. The van der Waals surface area contributed by atoms with E-state index in [2.05, 4.69) is 28.8 Å². The van der Waals surface area contributed by atoms with Crippen LogP contribution >= 0.6 is 0 Å². The van der Waals surface area contributed by atoms with E-state index < -0.39 is 0 Å². The second-order valence-electron chi connectivity index (χ2n) is 2.67. The number of hydrogen-bond acceptors (Lipinski definition) is 2. The summed E-state index contributed by atoms with van der Waals surface area (Å²) in [7, 11) is 0. The predicted octanol–water partition coefficient (Wildman–Crippen LogP) is -2.70. The zero-order valence-corrected chi connectivity index (χ0v) is 10.4. The molecule has 1 saturated heterocycles. The average Bonchev–Trinajstić information content (AvgIpc) is 2.58.